The van der Waals surface area contributed by atoms with Crippen molar-refractivity contribution >= 4 is 16.6 Å². The Balaban J connectivity index is 1.82. The predicted octanol–water partition coefficient (Wildman–Crippen LogP) is 3.56. The lowest BCUT2D eigenvalue weighted by Crippen LogP contribution is -2.31. The fourth-order valence-electron chi connectivity index (χ4n) is 3.80. The highest BCUT2D eigenvalue weighted by Gasteiger charge is 2.21. The molecular formula is C21H23N3O2. The van der Waals surface area contributed by atoms with Crippen molar-refractivity contribution in [3.05, 3.63) is 58.8 Å². The van der Waals surface area contributed by atoms with E-state index < -0.39 is 6.10 Å². The Morgan fingerprint density at radius 3 is 2.88 bits per heavy atom. The number of fused-ring (bicyclic) bond motifs is 2. The van der Waals surface area contributed by atoms with E-state index in [9.17, 15) is 5.11 Å². The fourth-order valence-corrected chi connectivity index (χ4v) is 3.80. The molecule has 1 aliphatic heterocycles. The van der Waals surface area contributed by atoms with Crippen LogP contribution in [0.5, 0.6) is 5.75 Å². The first-order valence-corrected chi connectivity index (χ1v) is 8.92. The smallest absolute Gasteiger partial charge is 0.126 e. The molecule has 1 atom stereocenters. The molecule has 0 aliphatic carbocycles. The summed E-state index contributed by atoms with van der Waals surface area (Å²) in [6.07, 6.45) is 2.23. The highest BCUT2D eigenvalue weighted by Crippen LogP contribution is 2.35. The monoisotopic (exact) mass is 349 g/mol. The van der Waals surface area contributed by atoms with Crippen LogP contribution in [0.2, 0.25) is 0 Å². The molecule has 1 unspecified atom stereocenters. The zero-order valence-electron chi connectivity index (χ0n) is 15.4. The number of aliphatic hydroxyl groups excluding tert-OH is 1. The molecule has 26 heavy (non-hydrogen) atoms. The number of benzene rings is 2. The summed E-state index contributed by atoms with van der Waals surface area (Å²) in [5.41, 5.74) is 6.74. The summed E-state index contributed by atoms with van der Waals surface area (Å²) < 4.78 is 5.42. The summed E-state index contributed by atoms with van der Waals surface area (Å²) >= 11 is 0. The van der Waals surface area contributed by atoms with Gasteiger partial charge in [0.25, 0.3) is 0 Å². The molecule has 3 aromatic rings. The second-order valence-electron chi connectivity index (χ2n) is 6.90. The third-order valence-corrected chi connectivity index (χ3v) is 5.27. The number of hydrogen-bond donors (Lipinski definition) is 1. The van der Waals surface area contributed by atoms with Crippen molar-refractivity contribution in [2.45, 2.75) is 32.9 Å². The van der Waals surface area contributed by atoms with Gasteiger partial charge in [-0.1, -0.05) is 18.2 Å². The average molecular weight is 349 g/mol. The van der Waals surface area contributed by atoms with E-state index >= 15 is 0 Å². The average Bonchev–Trinajstić information content (AvgIpc) is 2.66. The summed E-state index contributed by atoms with van der Waals surface area (Å²) in [7, 11) is 1.61. The number of methoxy groups -OCH3 is 1. The van der Waals surface area contributed by atoms with Crippen LogP contribution in [0, 0.1) is 6.92 Å². The first-order valence-electron chi connectivity index (χ1n) is 8.92. The summed E-state index contributed by atoms with van der Waals surface area (Å²) in [6.45, 7) is 5.71. The SMILES string of the molecule is COc1cc2nncc(N3CCc4cccc(C)c4C3)c2cc1C(C)O. The minimum Gasteiger partial charge on any atom is -0.496 e. The molecule has 4 rings (SSSR count). The van der Waals surface area contributed by atoms with Gasteiger partial charge in [0.05, 0.1) is 30.6 Å². The van der Waals surface area contributed by atoms with E-state index in [4.69, 9.17) is 4.74 Å². The van der Waals surface area contributed by atoms with E-state index in [2.05, 4.69) is 40.2 Å². The van der Waals surface area contributed by atoms with E-state index in [1.165, 1.54) is 16.7 Å². The number of ether oxygens (including phenoxy) is 1. The molecule has 1 N–H and O–H groups in total. The first-order chi connectivity index (χ1) is 12.6. The Kier molecular flexibility index (Phi) is 4.24. The van der Waals surface area contributed by atoms with Crippen LogP contribution in [-0.4, -0.2) is 29.0 Å². The topological polar surface area (TPSA) is 58.5 Å². The van der Waals surface area contributed by atoms with Gasteiger partial charge in [0, 0.05) is 30.1 Å². The maximum atomic E-state index is 10.1. The molecule has 1 aliphatic rings. The molecule has 2 heterocycles. The van der Waals surface area contributed by atoms with Crippen molar-refractivity contribution in [3.8, 4) is 5.75 Å². The van der Waals surface area contributed by atoms with Crippen LogP contribution in [0.3, 0.4) is 0 Å². The van der Waals surface area contributed by atoms with Gasteiger partial charge in [0.1, 0.15) is 5.75 Å². The number of aliphatic hydroxyl groups is 1. The lowest BCUT2D eigenvalue weighted by molar-refractivity contribution is 0.194. The molecule has 0 amide bonds. The molecule has 0 bridgehead atoms. The first kappa shape index (κ1) is 16.8. The lowest BCUT2D eigenvalue weighted by atomic mass is 9.95. The standard InChI is InChI=1S/C21H23N3O2/c1-13-5-4-6-15-7-8-24(12-18(13)15)20-11-22-23-19-10-21(26-3)16(14(2)25)9-17(19)20/h4-6,9-11,14,25H,7-8,12H2,1-3H3. The lowest BCUT2D eigenvalue weighted by Gasteiger charge is -2.32. The minimum absolute atomic E-state index is 0.611. The van der Waals surface area contributed by atoms with E-state index in [1.54, 1.807) is 14.0 Å². The Morgan fingerprint density at radius 2 is 2.12 bits per heavy atom. The zero-order chi connectivity index (χ0) is 18.3. The summed E-state index contributed by atoms with van der Waals surface area (Å²) in [6, 6.07) is 10.4. The molecule has 5 heteroatoms. The second kappa shape index (κ2) is 6.57. The van der Waals surface area contributed by atoms with Crippen LogP contribution >= 0.6 is 0 Å². The Bertz CT molecular complexity index is 969. The van der Waals surface area contributed by atoms with Gasteiger partial charge < -0.3 is 14.7 Å². The van der Waals surface area contributed by atoms with Crippen molar-refractivity contribution in [1.82, 2.24) is 10.2 Å². The molecule has 0 saturated carbocycles. The van der Waals surface area contributed by atoms with Crippen molar-refractivity contribution in [2.24, 2.45) is 0 Å². The van der Waals surface area contributed by atoms with Crippen LogP contribution in [0.4, 0.5) is 5.69 Å². The number of rotatable bonds is 3. The Hall–Kier alpha value is -2.66. The van der Waals surface area contributed by atoms with Gasteiger partial charge in [-0.3, -0.25) is 0 Å². The van der Waals surface area contributed by atoms with E-state index in [1.807, 2.05) is 18.3 Å². The summed E-state index contributed by atoms with van der Waals surface area (Å²) in [4.78, 5) is 2.35. The normalized spacial score (nSPS) is 15.0. The fraction of sp³-hybridized carbons (Fsp3) is 0.333. The number of hydrogen-bond acceptors (Lipinski definition) is 5. The van der Waals surface area contributed by atoms with Gasteiger partial charge in [-0.15, -0.1) is 0 Å². The zero-order valence-corrected chi connectivity index (χ0v) is 15.4. The van der Waals surface area contributed by atoms with Gasteiger partial charge in [0.15, 0.2) is 0 Å². The number of aryl methyl sites for hydroxylation is 1. The van der Waals surface area contributed by atoms with Gasteiger partial charge >= 0.3 is 0 Å². The molecule has 0 spiro atoms. The summed E-state index contributed by atoms with van der Waals surface area (Å²) in [5, 5.41) is 19.6. The van der Waals surface area contributed by atoms with Crippen molar-refractivity contribution < 1.29 is 9.84 Å². The van der Waals surface area contributed by atoms with Crippen molar-refractivity contribution in [3.63, 3.8) is 0 Å². The Labute approximate surface area is 153 Å². The third-order valence-electron chi connectivity index (χ3n) is 5.27. The quantitative estimate of drug-likeness (QED) is 0.783. The number of nitrogens with zero attached hydrogens (tertiary/aromatic N) is 3. The predicted molar refractivity (Wildman–Crippen MR) is 103 cm³/mol. The van der Waals surface area contributed by atoms with Gasteiger partial charge in [-0.2, -0.15) is 10.2 Å². The molecule has 0 saturated heterocycles. The van der Waals surface area contributed by atoms with E-state index in [-0.39, 0.29) is 0 Å². The molecule has 0 fully saturated rings. The van der Waals surface area contributed by atoms with Crippen LogP contribution in [0.25, 0.3) is 10.9 Å². The van der Waals surface area contributed by atoms with Gasteiger partial charge in [-0.25, -0.2) is 0 Å². The largest absolute Gasteiger partial charge is 0.496 e. The van der Waals surface area contributed by atoms with Crippen LogP contribution in [-0.2, 0) is 13.0 Å². The molecule has 0 radical (unpaired) electrons. The summed E-state index contributed by atoms with van der Waals surface area (Å²) in [5.74, 6) is 0.638. The third kappa shape index (κ3) is 2.78. The molecule has 1 aromatic heterocycles. The van der Waals surface area contributed by atoms with Crippen LogP contribution < -0.4 is 9.64 Å². The molecule has 134 valence electrons. The van der Waals surface area contributed by atoms with E-state index in [0.717, 1.165) is 41.7 Å². The van der Waals surface area contributed by atoms with Gasteiger partial charge in [0.2, 0.25) is 0 Å². The highest BCUT2D eigenvalue weighted by atomic mass is 16.5. The van der Waals surface area contributed by atoms with E-state index in [0.29, 0.717) is 5.75 Å². The Morgan fingerprint density at radius 1 is 1.27 bits per heavy atom. The second-order valence-corrected chi connectivity index (χ2v) is 6.90. The number of anilines is 1. The van der Waals surface area contributed by atoms with Crippen molar-refractivity contribution in [1.29, 1.82) is 0 Å². The maximum absolute atomic E-state index is 10.1. The molecular weight excluding hydrogens is 326 g/mol. The number of aromatic nitrogens is 2. The molecule has 2 aromatic carbocycles. The maximum Gasteiger partial charge on any atom is 0.126 e. The minimum atomic E-state index is -0.611. The van der Waals surface area contributed by atoms with Crippen LogP contribution in [0.15, 0.2) is 36.5 Å². The molecule has 5 nitrogen and oxygen atoms in total. The van der Waals surface area contributed by atoms with Crippen LogP contribution in [0.1, 0.15) is 35.3 Å². The van der Waals surface area contributed by atoms with Gasteiger partial charge in [-0.05, 0) is 43.0 Å². The highest BCUT2D eigenvalue weighted by molar-refractivity contribution is 5.92. The van der Waals surface area contributed by atoms with Crippen molar-refractivity contribution in [2.75, 3.05) is 18.6 Å².